The van der Waals surface area contributed by atoms with Crippen LogP contribution in [-0.4, -0.2) is 28.8 Å². The molecule has 1 aliphatic rings. The number of aryl methyl sites for hydroxylation is 1. The van der Waals surface area contributed by atoms with Crippen molar-refractivity contribution in [3.63, 3.8) is 0 Å². The third-order valence-electron chi connectivity index (χ3n) is 2.67. The summed E-state index contributed by atoms with van der Waals surface area (Å²) in [4.78, 5) is 11.8. The first kappa shape index (κ1) is 10.2. The van der Waals surface area contributed by atoms with Gasteiger partial charge in [-0.15, -0.1) is 0 Å². The van der Waals surface area contributed by atoms with Crippen LogP contribution in [0.25, 0.3) is 0 Å². The minimum absolute atomic E-state index is 0.00467. The Bertz CT molecular complexity index is 361. The van der Waals surface area contributed by atoms with E-state index in [2.05, 4.69) is 15.5 Å². The van der Waals surface area contributed by atoms with E-state index in [-0.39, 0.29) is 17.9 Å². The molecule has 0 saturated carbocycles. The maximum Gasteiger partial charge on any atom is 0.231 e. The van der Waals surface area contributed by atoms with Gasteiger partial charge in [0.25, 0.3) is 0 Å². The van der Waals surface area contributed by atoms with E-state index in [1.807, 2.05) is 13.8 Å². The second kappa shape index (κ2) is 4.02. The van der Waals surface area contributed by atoms with E-state index in [9.17, 15) is 4.79 Å². The highest BCUT2D eigenvalue weighted by molar-refractivity contribution is 5.92. The highest BCUT2D eigenvalue weighted by Crippen LogP contribution is 2.21. The van der Waals surface area contributed by atoms with E-state index in [0.717, 1.165) is 12.1 Å². The Morgan fingerprint density at radius 1 is 1.73 bits per heavy atom. The molecule has 2 N–H and O–H groups in total. The van der Waals surface area contributed by atoms with Crippen LogP contribution in [0.5, 0.6) is 0 Å². The lowest BCUT2D eigenvalue weighted by Gasteiger charge is -2.12. The normalized spacial score (nSPS) is 25.5. The Morgan fingerprint density at radius 3 is 3.07 bits per heavy atom. The van der Waals surface area contributed by atoms with Gasteiger partial charge in [-0.3, -0.25) is 9.89 Å². The molecule has 0 aliphatic carbocycles. The topological polar surface area (TPSA) is 67.0 Å². The largest absolute Gasteiger partial charge is 0.378 e. The van der Waals surface area contributed by atoms with Crippen molar-refractivity contribution in [2.24, 2.45) is 5.92 Å². The molecule has 1 fully saturated rings. The molecule has 1 aromatic heterocycles. The van der Waals surface area contributed by atoms with Crippen LogP contribution in [0.3, 0.4) is 0 Å². The zero-order chi connectivity index (χ0) is 10.8. The minimum atomic E-state index is -0.0537. The monoisotopic (exact) mass is 209 g/mol. The first-order valence-electron chi connectivity index (χ1n) is 5.11. The van der Waals surface area contributed by atoms with E-state index in [1.165, 1.54) is 0 Å². The smallest absolute Gasteiger partial charge is 0.231 e. The number of amides is 1. The molecule has 1 amide bonds. The van der Waals surface area contributed by atoms with Crippen LogP contribution in [-0.2, 0) is 9.53 Å². The Morgan fingerprint density at radius 2 is 2.53 bits per heavy atom. The fourth-order valence-corrected chi connectivity index (χ4v) is 1.78. The number of anilines is 1. The second-order valence-electron chi connectivity index (χ2n) is 3.90. The van der Waals surface area contributed by atoms with Crippen molar-refractivity contribution >= 4 is 11.7 Å². The Balaban J connectivity index is 1.97. The van der Waals surface area contributed by atoms with Crippen LogP contribution < -0.4 is 5.32 Å². The highest BCUT2D eigenvalue weighted by atomic mass is 16.5. The predicted octanol–water partition coefficient (Wildman–Crippen LogP) is 1.08. The van der Waals surface area contributed by atoms with Gasteiger partial charge in [-0.25, -0.2) is 0 Å². The molecule has 0 spiro atoms. The minimum Gasteiger partial charge on any atom is -0.378 e. The highest BCUT2D eigenvalue weighted by Gasteiger charge is 2.30. The number of rotatable bonds is 2. The van der Waals surface area contributed by atoms with Gasteiger partial charge in [0, 0.05) is 18.4 Å². The molecule has 2 rings (SSSR count). The predicted molar refractivity (Wildman–Crippen MR) is 55.5 cm³/mol. The van der Waals surface area contributed by atoms with Crippen molar-refractivity contribution in [2.45, 2.75) is 26.4 Å². The van der Waals surface area contributed by atoms with Crippen molar-refractivity contribution in [3.05, 3.63) is 11.8 Å². The Kier molecular flexibility index (Phi) is 2.73. The van der Waals surface area contributed by atoms with Crippen molar-refractivity contribution < 1.29 is 9.53 Å². The van der Waals surface area contributed by atoms with Crippen LogP contribution >= 0.6 is 0 Å². The summed E-state index contributed by atoms with van der Waals surface area (Å²) in [5.41, 5.74) is 0.932. The Hall–Kier alpha value is -1.36. The number of nitrogens with zero attached hydrogens (tertiary/aromatic N) is 1. The number of carbonyl (C=O) groups is 1. The molecule has 2 atom stereocenters. The van der Waals surface area contributed by atoms with Gasteiger partial charge >= 0.3 is 0 Å². The van der Waals surface area contributed by atoms with Gasteiger partial charge in [-0.05, 0) is 20.3 Å². The molecule has 1 aliphatic heterocycles. The van der Waals surface area contributed by atoms with Crippen molar-refractivity contribution in [1.82, 2.24) is 10.2 Å². The number of hydrogen-bond acceptors (Lipinski definition) is 3. The summed E-state index contributed by atoms with van der Waals surface area (Å²) in [6.07, 6.45) is 0.793. The number of carbonyl (C=O) groups excluding carboxylic acids is 1. The summed E-state index contributed by atoms with van der Waals surface area (Å²) in [7, 11) is 0. The van der Waals surface area contributed by atoms with Crippen LogP contribution in [0.15, 0.2) is 6.07 Å². The standard InChI is InChI=1S/C10H15N3O2/c1-6-5-9(13-12-6)11-10(14)8-3-4-15-7(8)2/h5,7-8H,3-4H2,1-2H3,(H2,11,12,13,14). The summed E-state index contributed by atoms with van der Waals surface area (Å²) >= 11 is 0. The van der Waals surface area contributed by atoms with Gasteiger partial charge in [0.05, 0.1) is 12.0 Å². The lowest BCUT2D eigenvalue weighted by molar-refractivity contribution is -0.121. The molecule has 1 aromatic rings. The van der Waals surface area contributed by atoms with Gasteiger partial charge in [0.1, 0.15) is 0 Å². The molecule has 15 heavy (non-hydrogen) atoms. The lowest BCUT2D eigenvalue weighted by Crippen LogP contribution is -2.27. The number of nitrogens with one attached hydrogen (secondary N) is 2. The fraction of sp³-hybridized carbons (Fsp3) is 0.600. The van der Waals surface area contributed by atoms with Gasteiger partial charge < -0.3 is 10.1 Å². The van der Waals surface area contributed by atoms with Crippen LogP contribution in [0.2, 0.25) is 0 Å². The molecule has 2 heterocycles. The van der Waals surface area contributed by atoms with Gasteiger partial charge in [0.15, 0.2) is 5.82 Å². The third kappa shape index (κ3) is 2.18. The fourth-order valence-electron chi connectivity index (χ4n) is 1.78. The van der Waals surface area contributed by atoms with Gasteiger partial charge in [-0.1, -0.05) is 0 Å². The van der Waals surface area contributed by atoms with E-state index in [1.54, 1.807) is 6.07 Å². The Labute approximate surface area is 88.2 Å². The maximum atomic E-state index is 11.8. The van der Waals surface area contributed by atoms with Crippen molar-refractivity contribution in [3.8, 4) is 0 Å². The van der Waals surface area contributed by atoms with Crippen molar-refractivity contribution in [2.75, 3.05) is 11.9 Å². The first-order valence-corrected chi connectivity index (χ1v) is 5.11. The van der Waals surface area contributed by atoms with Crippen LogP contribution in [0.4, 0.5) is 5.82 Å². The van der Waals surface area contributed by atoms with Crippen LogP contribution in [0, 0.1) is 12.8 Å². The summed E-state index contributed by atoms with van der Waals surface area (Å²) in [5, 5.41) is 9.51. The van der Waals surface area contributed by atoms with E-state index >= 15 is 0 Å². The summed E-state index contributed by atoms with van der Waals surface area (Å²) in [5.74, 6) is 0.519. The molecule has 0 bridgehead atoms. The molecular formula is C10H15N3O2. The molecule has 82 valence electrons. The summed E-state index contributed by atoms with van der Waals surface area (Å²) in [6, 6.07) is 1.80. The molecule has 0 aromatic carbocycles. The lowest BCUT2D eigenvalue weighted by atomic mass is 10.0. The molecule has 2 unspecified atom stereocenters. The number of hydrogen-bond donors (Lipinski definition) is 2. The quantitative estimate of drug-likeness (QED) is 0.766. The zero-order valence-corrected chi connectivity index (χ0v) is 8.91. The van der Waals surface area contributed by atoms with Gasteiger partial charge in [-0.2, -0.15) is 5.10 Å². The average molecular weight is 209 g/mol. The number of aromatic amines is 1. The second-order valence-corrected chi connectivity index (χ2v) is 3.90. The maximum absolute atomic E-state index is 11.8. The summed E-state index contributed by atoms with van der Waals surface area (Å²) < 4.78 is 5.34. The number of aromatic nitrogens is 2. The third-order valence-corrected chi connectivity index (χ3v) is 2.67. The molecule has 1 saturated heterocycles. The van der Waals surface area contributed by atoms with E-state index in [4.69, 9.17) is 4.74 Å². The van der Waals surface area contributed by atoms with Crippen LogP contribution in [0.1, 0.15) is 19.0 Å². The molecule has 5 heteroatoms. The average Bonchev–Trinajstić information content (AvgIpc) is 2.75. The number of ether oxygens (including phenoxy) is 1. The van der Waals surface area contributed by atoms with Crippen molar-refractivity contribution in [1.29, 1.82) is 0 Å². The van der Waals surface area contributed by atoms with Gasteiger partial charge in [0.2, 0.25) is 5.91 Å². The SMILES string of the molecule is Cc1cc(NC(=O)C2CCOC2C)n[nH]1. The summed E-state index contributed by atoms with van der Waals surface area (Å²) in [6.45, 7) is 4.48. The van der Waals surface area contributed by atoms with E-state index in [0.29, 0.717) is 12.4 Å². The molecule has 5 nitrogen and oxygen atoms in total. The van der Waals surface area contributed by atoms with E-state index < -0.39 is 0 Å². The first-order chi connectivity index (χ1) is 7.16. The number of H-pyrrole nitrogens is 1. The molecule has 0 radical (unpaired) electrons. The molecular weight excluding hydrogens is 194 g/mol. The zero-order valence-electron chi connectivity index (χ0n) is 8.91.